The Bertz CT molecular complexity index is 412. The fourth-order valence-corrected chi connectivity index (χ4v) is 1.92. The van der Waals surface area contributed by atoms with Crippen molar-refractivity contribution in [2.24, 2.45) is 0 Å². The Kier molecular flexibility index (Phi) is 1.94. The van der Waals surface area contributed by atoms with Crippen LogP contribution in [0.1, 0.15) is 0 Å². The van der Waals surface area contributed by atoms with E-state index in [9.17, 15) is 0 Å². The lowest BCUT2D eigenvalue weighted by Crippen LogP contribution is -1.80. The van der Waals surface area contributed by atoms with Crippen molar-refractivity contribution in [3.05, 3.63) is 17.7 Å². The second-order valence-electron chi connectivity index (χ2n) is 2.25. The first-order valence-electron chi connectivity index (χ1n) is 3.34. The Morgan fingerprint density at radius 3 is 3.08 bits per heavy atom. The number of nitrogens with zero attached hydrogens (tertiary/aromatic N) is 2. The molecule has 12 heavy (non-hydrogen) atoms. The average Bonchev–Trinajstić information content (AvgIpc) is 2.49. The number of halogens is 1. The predicted octanol–water partition coefficient (Wildman–Crippen LogP) is 2.33. The lowest BCUT2D eigenvalue weighted by atomic mass is 10.4. The van der Waals surface area contributed by atoms with Crippen LogP contribution in [0.25, 0.3) is 11.0 Å². The molecule has 0 fully saturated rings. The third-order valence-electron chi connectivity index (χ3n) is 1.61. The smallest absolute Gasteiger partial charge is 0.143 e. The highest BCUT2D eigenvalue weighted by molar-refractivity contribution is 7.98. The Hall–Kier alpha value is -0.740. The molecule has 0 amide bonds. The van der Waals surface area contributed by atoms with Crippen molar-refractivity contribution >= 4 is 34.4 Å². The van der Waals surface area contributed by atoms with E-state index in [1.165, 1.54) is 6.33 Å². The van der Waals surface area contributed by atoms with Gasteiger partial charge in [0.2, 0.25) is 0 Å². The molecular formula is C7H6ClN3S. The summed E-state index contributed by atoms with van der Waals surface area (Å²) in [6.07, 6.45) is 5.33. The van der Waals surface area contributed by atoms with Gasteiger partial charge in [0.25, 0.3) is 0 Å². The molecule has 5 heteroatoms. The van der Waals surface area contributed by atoms with E-state index in [0.717, 1.165) is 15.9 Å². The summed E-state index contributed by atoms with van der Waals surface area (Å²) in [6.45, 7) is 0. The molecule has 1 N–H and O–H groups in total. The predicted molar refractivity (Wildman–Crippen MR) is 50.7 cm³/mol. The first kappa shape index (κ1) is 7.89. The van der Waals surface area contributed by atoms with Crippen LogP contribution in [0.15, 0.2) is 17.4 Å². The lowest BCUT2D eigenvalue weighted by molar-refractivity contribution is 1.20. The number of fused-ring (bicyclic) bond motifs is 1. The molecule has 3 nitrogen and oxygen atoms in total. The number of aromatic amines is 1. The van der Waals surface area contributed by atoms with E-state index >= 15 is 0 Å². The van der Waals surface area contributed by atoms with Gasteiger partial charge in [-0.3, -0.25) is 0 Å². The zero-order valence-corrected chi connectivity index (χ0v) is 7.91. The number of rotatable bonds is 1. The molecule has 0 bridgehead atoms. The van der Waals surface area contributed by atoms with Crippen LogP contribution >= 0.6 is 23.4 Å². The van der Waals surface area contributed by atoms with Crippen LogP contribution in [0.5, 0.6) is 0 Å². The zero-order valence-electron chi connectivity index (χ0n) is 6.34. The van der Waals surface area contributed by atoms with Crippen molar-refractivity contribution in [1.82, 2.24) is 15.0 Å². The van der Waals surface area contributed by atoms with E-state index in [4.69, 9.17) is 11.6 Å². The molecule has 2 heterocycles. The van der Waals surface area contributed by atoms with Crippen molar-refractivity contribution in [2.45, 2.75) is 4.90 Å². The molecule has 0 unspecified atom stereocenters. The summed E-state index contributed by atoms with van der Waals surface area (Å²) in [4.78, 5) is 12.1. The molecule has 62 valence electrons. The second-order valence-corrected chi connectivity index (χ2v) is 3.45. The van der Waals surface area contributed by atoms with Gasteiger partial charge in [-0.2, -0.15) is 0 Å². The first-order chi connectivity index (χ1) is 5.83. The molecule has 2 rings (SSSR count). The van der Waals surface area contributed by atoms with Crippen LogP contribution in [-0.2, 0) is 0 Å². The van der Waals surface area contributed by atoms with Gasteiger partial charge in [-0.25, -0.2) is 9.97 Å². The van der Waals surface area contributed by atoms with Gasteiger partial charge in [0.05, 0.1) is 5.39 Å². The number of thioether (sulfide) groups is 1. The van der Waals surface area contributed by atoms with Gasteiger partial charge in [-0.1, -0.05) is 11.6 Å². The molecular weight excluding hydrogens is 194 g/mol. The third-order valence-corrected chi connectivity index (χ3v) is 2.66. The summed E-state index contributed by atoms with van der Waals surface area (Å²) >= 11 is 7.52. The number of nitrogens with one attached hydrogen (secondary N) is 1. The first-order valence-corrected chi connectivity index (χ1v) is 4.95. The Labute approximate surface area is 78.6 Å². The maximum atomic E-state index is 5.90. The van der Waals surface area contributed by atoms with Gasteiger partial charge >= 0.3 is 0 Å². The third kappa shape index (κ3) is 1.07. The second kappa shape index (κ2) is 2.95. The Morgan fingerprint density at radius 2 is 2.33 bits per heavy atom. The average molecular weight is 200 g/mol. The van der Waals surface area contributed by atoms with Crippen molar-refractivity contribution in [3.63, 3.8) is 0 Å². The monoisotopic (exact) mass is 199 g/mol. The quantitative estimate of drug-likeness (QED) is 0.566. The van der Waals surface area contributed by atoms with Gasteiger partial charge in [0.15, 0.2) is 0 Å². The minimum Gasteiger partial charge on any atom is -0.345 e. The van der Waals surface area contributed by atoms with Crippen molar-refractivity contribution in [2.75, 3.05) is 6.26 Å². The Balaban J connectivity index is 2.83. The topological polar surface area (TPSA) is 41.6 Å². The van der Waals surface area contributed by atoms with E-state index in [1.807, 2.05) is 12.5 Å². The van der Waals surface area contributed by atoms with E-state index in [2.05, 4.69) is 15.0 Å². The van der Waals surface area contributed by atoms with Crippen LogP contribution in [0, 0.1) is 0 Å². The highest BCUT2D eigenvalue weighted by Gasteiger charge is 2.07. The molecule has 0 saturated carbocycles. The number of hydrogen-bond donors (Lipinski definition) is 1. The standard InChI is InChI=1S/C7H6ClN3S/c1-12-4-2-9-7-5(4)6(8)10-3-11-7/h2-3H,1H3,(H,9,10,11). The summed E-state index contributed by atoms with van der Waals surface area (Å²) in [6, 6.07) is 0. The van der Waals surface area contributed by atoms with Crippen molar-refractivity contribution < 1.29 is 0 Å². The van der Waals surface area contributed by atoms with Gasteiger partial charge in [-0.05, 0) is 6.26 Å². The van der Waals surface area contributed by atoms with E-state index in [0.29, 0.717) is 5.15 Å². The number of hydrogen-bond acceptors (Lipinski definition) is 3. The SMILES string of the molecule is CSc1c[nH]c2ncnc(Cl)c12. The molecule has 2 aromatic heterocycles. The van der Waals surface area contributed by atoms with E-state index in [1.54, 1.807) is 11.8 Å². The van der Waals surface area contributed by atoms with Gasteiger partial charge < -0.3 is 4.98 Å². The maximum Gasteiger partial charge on any atom is 0.143 e. The fraction of sp³-hybridized carbons (Fsp3) is 0.143. The van der Waals surface area contributed by atoms with Crippen LogP contribution in [0.4, 0.5) is 0 Å². The highest BCUT2D eigenvalue weighted by Crippen LogP contribution is 2.28. The summed E-state index contributed by atoms with van der Waals surface area (Å²) in [5.74, 6) is 0. The van der Waals surface area contributed by atoms with Gasteiger partial charge in [0, 0.05) is 11.1 Å². The largest absolute Gasteiger partial charge is 0.345 e. The van der Waals surface area contributed by atoms with Crippen LogP contribution < -0.4 is 0 Å². The molecule has 0 aromatic carbocycles. The number of H-pyrrole nitrogens is 1. The molecule has 0 saturated heterocycles. The van der Waals surface area contributed by atoms with E-state index in [-0.39, 0.29) is 0 Å². The molecule has 0 radical (unpaired) electrons. The minimum absolute atomic E-state index is 0.505. The highest BCUT2D eigenvalue weighted by atomic mass is 35.5. The molecule has 0 atom stereocenters. The molecule has 0 aliphatic carbocycles. The molecule has 0 aliphatic heterocycles. The lowest BCUT2D eigenvalue weighted by Gasteiger charge is -1.93. The summed E-state index contributed by atoms with van der Waals surface area (Å²) in [5.41, 5.74) is 0.791. The molecule has 0 spiro atoms. The zero-order chi connectivity index (χ0) is 8.55. The summed E-state index contributed by atoms with van der Waals surface area (Å²) in [5, 5.41) is 1.41. The minimum atomic E-state index is 0.505. The summed E-state index contributed by atoms with van der Waals surface area (Å²) in [7, 11) is 0. The maximum absolute atomic E-state index is 5.90. The Morgan fingerprint density at radius 1 is 1.50 bits per heavy atom. The van der Waals surface area contributed by atoms with Crippen LogP contribution in [0.2, 0.25) is 5.15 Å². The number of aromatic nitrogens is 3. The molecule has 2 aromatic rings. The van der Waals surface area contributed by atoms with Crippen molar-refractivity contribution in [3.8, 4) is 0 Å². The normalized spacial score (nSPS) is 10.8. The van der Waals surface area contributed by atoms with Gasteiger partial charge in [-0.15, -0.1) is 11.8 Å². The van der Waals surface area contributed by atoms with E-state index < -0.39 is 0 Å². The summed E-state index contributed by atoms with van der Waals surface area (Å²) < 4.78 is 0. The fourth-order valence-electron chi connectivity index (χ4n) is 1.06. The van der Waals surface area contributed by atoms with Crippen molar-refractivity contribution in [1.29, 1.82) is 0 Å². The van der Waals surface area contributed by atoms with Gasteiger partial charge in [0.1, 0.15) is 17.1 Å². The van der Waals surface area contributed by atoms with Crippen LogP contribution in [0.3, 0.4) is 0 Å². The van der Waals surface area contributed by atoms with Crippen LogP contribution in [-0.4, -0.2) is 21.2 Å². The molecule has 0 aliphatic rings.